The van der Waals surface area contributed by atoms with Crippen molar-refractivity contribution in [2.45, 2.75) is 105 Å². The fraction of sp³-hybridized carbons (Fsp3) is 0.833. The molecule has 8 unspecified atom stereocenters. The molecule has 0 amide bonds. The molecule has 0 saturated carbocycles. The third-order valence-corrected chi connectivity index (χ3v) is 15.9. The van der Waals surface area contributed by atoms with Gasteiger partial charge in [-0.25, -0.2) is 0 Å². The maximum absolute atomic E-state index is 13.3. The molecule has 4 rings (SSSR count). The van der Waals surface area contributed by atoms with Gasteiger partial charge in [-0.2, -0.15) is 0 Å². The van der Waals surface area contributed by atoms with Crippen molar-refractivity contribution in [3.63, 3.8) is 0 Å². The standard InChI is InChI=1S/C24H44N4O9P2/c1-9-13(5)17-21(29)33-38(25-17,26-18(14(6)10-2)22(30)34-38)37-39(27-19(15(7)11-3)23(31)35-39)28-20(16(8)12-4)24(32)36-39/h13-20,25-28H,9-12H2,1-8H3. The van der Waals surface area contributed by atoms with E-state index in [1.54, 1.807) is 0 Å². The van der Waals surface area contributed by atoms with E-state index in [1.807, 2.05) is 55.4 Å². The first-order valence-electron chi connectivity index (χ1n) is 14.0. The second-order valence-electron chi connectivity index (χ2n) is 11.5. The van der Waals surface area contributed by atoms with Crippen molar-refractivity contribution in [2.24, 2.45) is 23.7 Å². The quantitative estimate of drug-likeness (QED) is 0.272. The van der Waals surface area contributed by atoms with Gasteiger partial charge in [-0.15, -0.1) is 0 Å². The van der Waals surface area contributed by atoms with E-state index in [-0.39, 0.29) is 23.7 Å². The average molecular weight is 595 g/mol. The van der Waals surface area contributed by atoms with Crippen LogP contribution in [0.5, 0.6) is 0 Å². The fourth-order valence-corrected chi connectivity index (χ4v) is 14.4. The predicted octanol–water partition coefficient (Wildman–Crippen LogP) is 3.50. The molecule has 8 atom stereocenters. The Hall–Kier alpha value is -1.46. The van der Waals surface area contributed by atoms with Crippen molar-refractivity contribution in [1.82, 2.24) is 20.3 Å². The van der Waals surface area contributed by atoms with E-state index in [2.05, 4.69) is 20.3 Å². The molecule has 13 nitrogen and oxygen atoms in total. The second-order valence-corrected chi connectivity index (χ2v) is 17.4. The van der Waals surface area contributed by atoms with Crippen LogP contribution in [-0.4, -0.2) is 48.0 Å². The molecule has 0 aromatic rings. The van der Waals surface area contributed by atoms with Crippen LogP contribution in [0.15, 0.2) is 0 Å². The fourth-order valence-electron chi connectivity index (χ4n) is 5.19. The summed E-state index contributed by atoms with van der Waals surface area (Å²) in [7, 11) is -10.4. The summed E-state index contributed by atoms with van der Waals surface area (Å²) in [5.41, 5.74) is 0. The van der Waals surface area contributed by atoms with Crippen LogP contribution in [0.4, 0.5) is 0 Å². The van der Waals surface area contributed by atoms with E-state index >= 15 is 0 Å². The number of carbonyl (C=O) groups excluding carboxylic acids is 4. The van der Waals surface area contributed by atoms with Gasteiger partial charge in [-0.1, -0.05) is 0 Å². The number of rotatable bonds is 10. The third kappa shape index (κ3) is 4.88. The normalized spacial score (nSPS) is 37.0. The summed E-state index contributed by atoms with van der Waals surface area (Å²) in [6.07, 6.45) is 2.44. The number of hydrogen-bond acceptors (Lipinski definition) is 13. The van der Waals surface area contributed by atoms with E-state index in [9.17, 15) is 19.2 Å². The molecular formula is C24H44N4O9P2. The molecule has 0 aliphatic carbocycles. The van der Waals surface area contributed by atoms with Crippen molar-refractivity contribution in [2.75, 3.05) is 0 Å². The van der Waals surface area contributed by atoms with E-state index in [0.29, 0.717) is 25.7 Å². The summed E-state index contributed by atoms with van der Waals surface area (Å²) in [4.78, 5) is 53.3. The molecule has 0 aromatic heterocycles. The minimum absolute atomic E-state index is 0.223. The maximum atomic E-state index is 13.3. The van der Waals surface area contributed by atoms with Crippen LogP contribution < -0.4 is 20.3 Å². The Morgan fingerprint density at radius 3 is 0.923 bits per heavy atom. The molecule has 2 spiro atoms. The number of hydrogen-bond donors (Lipinski definition) is 4. The third-order valence-electron chi connectivity index (χ3n) is 8.63. The van der Waals surface area contributed by atoms with Crippen molar-refractivity contribution in [3.05, 3.63) is 0 Å². The van der Waals surface area contributed by atoms with Gasteiger partial charge in [-0.05, 0) is 0 Å². The minimum atomic E-state index is -5.19. The van der Waals surface area contributed by atoms with Gasteiger partial charge in [-0.3, -0.25) is 0 Å². The predicted molar refractivity (Wildman–Crippen MR) is 145 cm³/mol. The Labute approximate surface area is 230 Å². The molecule has 15 heteroatoms. The molecule has 4 saturated heterocycles. The molecule has 4 aliphatic heterocycles. The Morgan fingerprint density at radius 2 is 0.744 bits per heavy atom. The van der Waals surface area contributed by atoms with Crippen LogP contribution in [0, 0.1) is 23.7 Å². The first-order chi connectivity index (χ1) is 18.2. The van der Waals surface area contributed by atoms with Crippen LogP contribution in [0.2, 0.25) is 0 Å². The first kappa shape index (κ1) is 30.5. The van der Waals surface area contributed by atoms with Gasteiger partial charge in [0.05, 0.1) is 0 Å². The molecular weight excluding hydrogens is 550 g/mol. The summed E-state index contributed by atoms with van der Waals surface area (Å²) in [6, 6.07) is -3.58. The summed E-state index contributed by atoms with van der Waals surface area (Å²) >= 11 is 0. The Kier molecular flexibility index (Phi) is 7.91. The van der Waals surface area contributed by atoms with Gasteiger partial charge in [0, 0.05) is 0 Å². The molecule has 39 heavy (non-hydrogen) atoms. The molecule has 4 aliphatic rings. The SMILES string of the molecule is CCC(C)C1NP2(OP34(NC(C(C)CC)C(=O)O3)NC(C(C)CC)C(=O)O4)(NC(C(C)CC)C(=O)O2)OC1=O. The zero-order valence-electron chi connectivity index (χ0n) is 24.0. The van der Waals surface area contributed by atoms with E-state index in [1.165, 1.54) is 0 Å². The first-order valence-corrected chi connectivity index (χ1v) is 18.0. The van der Waals surface area contributed by atoms with E-state index in [4.69, 9.17) is 22.4 Å². The Bertz CT molecular complexity index is 905. The van der Waals surface area contributed by atoms with Gasteiger partial charge >= 0.3 is 230 Å². The van der Waals surface area contributed by atoms with Crippen molar-refractivity contribution in [3.8, 4) is 0 Å². The summed E-state index contributed by atoms with van der Waals surface area (Å²) < 4.78 is 30.5. The summed E-state index contributed by atoms with van der Waals surface area (Å²) in [5, 5.41) is 12.4. The van der Waals surface area contributed by atoms with E-state index < -0.39 is 63.2 Å². The summed E-state index contributed by atoms with van der Waals surface area (Å²) in [6.45, 7) is 15.1. The van der Waals surface area contributed by atoms with Crippen molar-refractivity contribution in [1.29, 1.82) is 0 Å². The van der Waals surface area contributed by atoms with E-state index in [0.717, 1.165) is 0 Å². The molecule has 0 bridgehead atoms. The Morgan fingerprint density at radius 1 is 0.538 bits per heavy atom. The topological polar surface area (TPSA) is 163 Å². The average Bonchev–Trinajstić information content (AvgIpc) is 3.54. The molecule has 4 heterocycles. The molecule has 0 radical (unpaired) electrons. The number of nitrogens with one attached hydrogen (secondary N) is 4. The molecule has 0 aromatic carbocycles. The summed E-state index contributed by atoms with van der Waals surface area (Å²) in [5.74, 6) is -3.63. The van der Waals surface area contributed by atoms with Crippen LogP contribution in [-0.2, 0) is 41.6 Å². The Balaban J connectivity index is 1.88. The van der Waals surface area contributed by atoms with Gasteiger partial charge < -0.3 is 0 Å². The zero-order chi connectivity index (χ0) is 29.0. The zero-order valence-corrected chi connectivity index (χ0v) is 25.8. The van der Waals surface area contributed by atoms with Crippen molar-refractivity contribution < 1.29 is 41.6 Å². The molecule has 224 valence electrons. The van der Waals surface area contributed by atoms with Gasteiger partial charge in [0.25, 0.3) is 0 Å². The molecule has 4 N–H and O–H groups in total. The van der Waals surface area contributed by atoms with Crippen LogP contribution >= 0.6 is 15.2 Å². The van der Waals surface area contributed by atoms with Crippen LogP contribution in [0.3, 0.4) is 0 Å². The molecule has 4 fully saturated rings. The van der Waals surface area contributed by atoms with Gasteiger partial charge in [0.15, 0.2) is 0 Å². The number of carbonyl (C=O) groups is 4. The second kappa shape index (κ2) is 10.1. The van der Waals surface area contributed by atoms with Crippen LogP contribution in [0.25, 0.3) is 0 Å². The van der Waals surface area contributed by atoms with Gasteiger partial charge in [0.2, 0.25) is 0 Å². The van der Waals surface area contributed by atoms with Crippen molar-refractivity contribution >= 4 is 39.0 Å². The van der Waals surface area contributed by atoms with Crippen LogP contribution in [0.1, 0.15) is 81.1 Å². The van der Waals surface area contributed by atoms with Gasteiger partial charge in [0.1, 0.15) is 0 Å². The monoisotopic (exact) mass is 594 g/mol.